The van der Waals surface area contributed by atoms with Crippen LogP contribution < -0.4 is 0 Å². The first-order chi connectivity index (χ1) is 15.2. The Labute approximate surface area is 197 Å². The number of halogens is 1. The van der Waals surface area contributed by atoms with Crippen LogP contribution in [0.3, 0.4) is 0 Å². The van der Waals surface area contributed by atoms with Crippen molar-refractivity contribution < 1.29 is 19.1 Å². The van der Waals surface area contributed by atoms with Gasteiger partial charge in [0.25, 0.3) is 0 Å². The van der Waals surface area contributed by atoms with Crippen molar-refractivity contribution in [3.8, 4) is 0 Å². The van der Waals surface area contributed by atoms with Crippen molar-refractivity contribution in [1.29, 1.82) is 0 Å². The van der Waals surface area contributed by atoms with E-state index in [-0.39, 0.29) is 11.9 Å². The van der Waals surface area contributed by atoms with Crippen molar-refractivity contribution in [3.63, 3.8) is 0 Å². The summed E-state index contributed by atoms with van der Waals surface area (Å²) < 4.78 is 10.6. The van der Waals surface area contributed by atoms with Crippen molar-refractivity contribution in [1.82, 2.24) is 0 Å². The highest BCUT2D eigenvalue weighted by atomic mass is 35.5. The maximum atomic E-state index is 11.7. The maximum Gasteiger partial charge on any atom is 0.305 e. The average molecular weight is 461 g/mol. The second-order valence-corrected chi connectivity index (χ2v) is 9.02. The topological polar surface area (TPSA) is 52.6 Å². The zero-order valence-electron chi connectivity index (χ0n) is 20.3. The Morgan fingerprint density at radius 3 is 1.29 bits per heavy atom. The highest BCUT2D eigenvalue weighted by Gasteiger charge is 2.04. The van der Waals surface area contributed by atoms with Gasteiger partial charge in [0.2, 0.25) is 0 Å². The van der Waals surface area contributed by atoms with E-state index in [2.05, 4.69) is 6.92 Å². The van der Waals surface area contributed by atoms with Crippen LogP contribution >= 0.6 is 11.6 Å². The number of carbonyl (C=O) groups is 2. The molecule has 31 heavy (non-hydrogen) atoms. The number of ether oxygens (including phenoxy) is 2. The number of carbonyl (C=O) groups excluding carboxylic acids is 2. The molecule has 0 aliphatic heterocycles. The predicted octanol–water partition coefficient (Wildman–Crippen LogP) is 8.13. The van der Waals surface area contributed by atoms with Crippen molar-refractivity contribution in [3.05, 3.63) is 0 Å². The van der Waals surface area contributed by atoms with E-state index in [1.165, 1.54) is 44.9 Å². The summed E-state index contributed by atoms with van der Waals surface area (Å²) in [7, 11) is 0. The summed E-state index contributed by atoms with van der Waals surface area (Å²) in [6.45, 7) is 3.35. The van der Waals surface area contributed by atoms with E-state index in [0.717, 1.165) is 76.5 Å². The second-order valence-electron chi connectivity index (χ2n) is 8.64. The summed E-state index contributed by atoms with van der Waals surface area (Å²) in [5.74, 6) is 0.646. The molecule has 0 heterocycles. The molecule has 0 unspecified atom stereocenters. The third-order valence-electron chi connectivity index (χ3n) is 5.56. The molecule has 0 saturated heterocycles. The second kappa shape index (κ2) is 25.5. The van der Waals surface area contributed by atoms with Crippen LogP contribution in [0.4, 0.5) is 0 Å². The highest BCUT2D eigenvalue weighted by molar-refractivity contribution is 6.17. The first kappa shape index (κ1) is 30.2. The van der Waals surface area contributed by atoms with Gasteiger partial charge in [-0.1, -0.05) is 90.4 Å². The van der Waals surface area contributed by atoms with Crippen molar-refractivity contribution in [2.75, 3.05) is 19.1 Å². The smallest absolute Gasteiger partial charge is 0.305 e. The first-order valence-corrected chi connectivity index (χ1v) is 13.6. The van der Waals surface area contributed by atoms with Crippen LogP contribution in [0, 0.1) is 0 Å². The molecule has 0 fully saturated rings. The van der Waals surface area contributed by atoms with Gasteiger partial charge >= 0.3 is 11.9 Å². The van der Waals surface area contributed by atoms with Crippen LogP contribution in [0.25, 0.3) is 0 Å². The number of esters is 2. The summed E-state index contributed by atoms with van der Waals surface area (Å²) in [4.78, 5) is 23.4. The van der Waals surface area contributed by atoms with Gasteiger partial charge < -0.3 is 9.47 Å². The van der Waals surface area contributed by atoms with Gasteiger partial charge in [-0.3, -0.25) is 9.59 Å². The molecule has 0 spiro atoms. The van der Waals surface area contributed by atoms with E-state index >= 15 is 0 Å². The minimum absolute atomic E-state index is 0.0495. The van der Waals surface area contributed by atoms with Crippen LogP contribution in [0.2, 0.25) is 0 Å². The lowest BCUT2D eigenvalue weighted by Crippen LogP contribution is -2.06. The van der Waals surface area contributed by atoms with Gasteiger partial charge in [-0.05, 0) is 32.1 Å². The lowest BCUT2D eigenvalue weighted by molar-refractivity contribution is -0.144. The third-order valence-corrected chi connectivity index (χ3v) is 5.83. The van der Waals surface area contributed by atoms with E-state index in [1.54, 1.807) is 0 Å². The lowest BCUT2D eigenvalue weighted by Gasteiger charge is -2.06. The molecule has 0 aliphatic rings. The van der Waals surface area contributed by atoms with Gasteiger partial charge in [-0.25, -0.2) is 0 Å². The minimum atomic E-state index is -0.0600. The lowest BCUT2D eigenvalue weighted by atomic mass is 10.1. The first-order valence-electron chi connectivity index (χ1n) is 13.1. The molecular weight excluding hydrogens is 412 g/mol. The van der Waals surface area contributed by atoms with Crippen LogP contribution in [0.15, 0.2) is 0 Å². The third kappa shape index (κ3) is 25.4. The Kier molecular flexibility index (Phi) is 24.9. The Hall–Kier alpha value is -0.770. The standard InChI is InChI=1S/C26H49ClO4/c1-2-3-4-5-13-18-23-30-25(28)20-15-10-6-7-11-16-21-26(29)31-24-19-14-9-8-12-17-22-27/h2-24H2,1H3. The molecule has 0 amide bonds. The fraction of sp³-hybridized carbons (Fsp3) is 0.923. The summed E-state index contributed by atoms with van der Waals surface area (Å²) in [5.41, 5.74) is 0. The Balaban J connectivity index is 3.25. The van der Waals surface area contributed by atoms with Crippen LogP contribution in [-0.4, -0.2) is 31.0 Å². The van der Waals surface area contributed by atoms with Crippen molar-refractivity contribution in [2.45, 2.75) is 135 Å². The van der Waals surface area contributed by atoms with E-state index in [1.807, 2.05) is 0 Å². The Morgan fingerprint density at radius 1 is 0.516 bits per heavy atom. The Bertz CT molecular complexity index is 401. The van der Waals surface area contributed by atoms with Crippen LogP contribution in [-0.2, 0) is 19.1 Å². The molecule has 0 rings (SSSR count). The molecule has 0 aromatic heterocycles. The number of hydrogen-bond donors (Lipinski definition) is 0. The fourth-order valence-corrected chi connectivity index (χ4v) is 3.74. The maximum absolute atomic E-state index is 11.7. The monoisotopic (exact) mass is 460 g/mol. The van der Waals surface area contributed by atoms with Gasteiger partial charge in [-0.2, -0.15) is 0 Å². The normalized spacial score (nSPS) is 10.9. The molecule has 0 aromatic carbocycles. The largest absolute Gasteiger partial charge is 0.466 e. The molecule has 0 atom stereocenters. The van der Waals surface area contributed by atoms with Gasteiger partial charge in [0.05, 0.1) is 13.2 Å². The van der Waals surface area contributed by atoms with Gasteiger partial charge in [0.1, 0.15) is 0 Å². The van der Waals surface area contributed by atoms with Gasteiger partial charge in [0.15, 0.2) is 0 Å². The molecule has 5 heteroatoms. The van der Waals surface area contributed by atoms with Crippen molar-refractivity contribution in [2.24, 2.45) is 0 Å². The summed E-state index contributed by atoms with van der Waals surface area (Å²) in [5, 5.41) is 0. The molecular formula is C26H49ClO4. The highest BCUT2D eigenvalue weighted by Crippen LogP contribution is 2.11. The molecule has 0 aromatic rings. The summed E-state index contributed by atoms with van der Waals surface area (Å²) in [6, 6.07) is 0. The van der Waals surface area contributed by atoms with Gasteiger partial charge in [0, 0.05) is 18.7 Å². The van der Waals surface area contributed by atoms with Crippen LogP contribution in [0.1, 0.15) is 135 Å². The molecule has 184 valence electrons. The van der Waals surface area contributed by atoms with E-state index in [9.17, 15) is 9.59 Å². The zero-order valence-corrected chi connectivity index (χ0v) is 21.0. The molecule has 4 nitrogen and oxygen atoms in total. The number of hydrogen-bond acceptors (Lipinski definition) is 4. The van der Waals surface area contributed by atoms with E-state index in [0.29, 0.717) is 26.1 Å². The molecule has 0 radical (unpaired) electrons. The average Bonchev–Trinajstić information content (AvgIpc) is 2.76. The SMILES string of the molecule is CCCCCCCCOC(=O)CCCCCCCCC(=O)OCCCCCCCCCl. The predicted molar refractivity (Wildman–Crippen MR) is 131 cm³/mol. The number of unbranched alkanes of at least 4 members (excludes halogenated alkanes) is 15. The molecule has 0 bridgehead atoms. The summed E-state index contributed by atoms with van der Waals surface area (Å²) in [6.07, 6.45) is 21.3. The molecule has 0 saturated carbocycles. The number of alkyl halides is 1. The minimum Gasteiger partial charge on any atom is -0.466 e. The quantitative estimate of drug-likeness (QED) is 0.0828. The zero-order chi connectivity index (χ0) is 22.8. The van der Waals surface area contributed by atoms with E-state index < -0.39 is 0 Å². The molecule has 0 N–H and O–H groups in total. The fourth-order valence-electron chi connectivity index (χ4n) is 3.55. The Morgan fingerprint density at radius 2 is 0.871 bits per heavy atom. The van der Waals surface area contributed by atoms with Crippen LogP contribution in [0.5, 0.6) is 0 Å². The van der Waals surface area contributed by atoms with E-state index in [4.69, 9.17) is 21.1 Å². The molecule has 0 aliphatic carbocycles. The van der Waals surface area contributed by atoms with Gasteiger partial charge in [-0.15, -0.1) is 11.6 Å². The summed E-state index contributed by atoms with van der Waals surface area (Å²) >= 11 is 5.65. The van der Waals surface area contributed by atoms with Crippen molar-refractivity contribution >= 4 is 23.5 Å². The number of rotatable bonds is 24.